The molecule has 0 aliphatic rings. The molecule has 1 heterocycles. The molecule has 0 atom stereocenters. The summed E-state index contributed by atoms with van der Waals surface area (Å²) in [6.07, 6.45) is -3.87. The largest absolute Gasteiger partial charge is 0.573 e. The van der Waals surface area contributed by atoms with E-state index in [-0.39, 0.29) is 22.3 Å². The predicted molar refractivity (Wildman–Crippen MR) is 143 cm³/mol. The summed E-state index contributed by atoms with van der Waals surface area (Å²) in [5, 5.41) is 13.0. The number of alkyl halides is 3. The molecule has 0 saturated carbocycles. The van der Waals surface area contributed by atoms with Crippen LogP contribution >= 0.6 is 0 Å². The number of carbonyl (C=O) groups excluding carboxylic acids is 1. The van der Waals surface area contributed by atoms with Crippen LogP contribution < -0.4 is 30.7 Å². The van der Waals surface area contributed by atoms with Crippen molar-refractivity contribution < 1.29 is 35.5 Å². The van der Waals surface area contributed by atoms with Crippen molar-refractivity contribution in [3.8, 4) is 5.75 Å². The first kappa shape index (κ1) is 29.0. The van der Waals surface area contributed by atoms with Crippen LogP contribution in [0.2, 0.25) is 0 Å². The fourth-order valence-corrected chi connectivity index (χ4v) is 4.02. The van der Waals surface area contributed by atoms with Crippen LogP contribution in [0.1, 0.15) is 0 Å². The van der Waals surface area contributed by atoms with E-state index in [4.69, 9.17) is 5.14 Å². The van der Waals surface area contributed by atoms with Crippen LogP contribution in [-0.4, -0.2) is 37.8 Å². The summed E-state index contributed by atoms with van der Waals surface area (Å²) in [4.78, 5) is 21.7. The molecule has 0 unspecified atom stereocenters. The Bertz CT molecular complexity index is 1650. The van der Waals surface area contributed by atoms with Gasteiger partial charge in [-0.3, -0.25) is 0 Å². The van der Waals surface area contributed by atoms with E-state index in [1.807, 2.05) is 0 Å². The Kier molecular flexibility index (Phi) is 8.25. The second-order valence-corrected chi connectivity index (χ2v) is 9.88. The lowest BCUT2D eigenvalue weighted by Crippen LogP contribution is -2.20. The molecule has 214 valence electrons. The SMILES string of the molecule is CN(c1ccc(NC(=O)Nc2ccc(OC(F)(F)F)cc2)cc1)c1nc(Nc2cccc(S(N)(=O)=O)c2)ncc1F. The fraction of sp³-hybridized carbons (Fsp3) is 0.0800. The normalized spacial score (nSPS) is 11.5. The third kappa shape index (κ3) is 8.02. The molecule has 0 aliphatic carbocycles. The molecule has 11 nitrogen and oxygen atoms in total. The van der Waals surface area contributed by atoms with Crippen molar-refractivity contribution in [2.24, 2.45) is 5.14 Å². The number of carbonyl (C=O) groups is 1. The summed E-state index contributed by atoms with van der Waals surface area (Å²) in [5.41, 5.74) is 1.41. The summed E-state index contributed by atoms with van der Waals surface area (Å²) in [6.45, 7) is 0. The average Bonchev–Trinajstić information content (AvgIpc) is 2.90. The minimum Gasteiger partial charge on any atom is -0.406 e. The highest BCUT2D eigenvalue weighted by Gasteiger charge is 2.31. The van der Waals surface area contributed by atoms with Crippen LogP contribution in [0.4, 0.5) is 56.9 Å². The second-order valence-electron chi connectivity index (χ2n) is 8.32. The van der Waals surface area contributed by atoms with Gasteiger partial charge in [-0.05, 0) is 66.7 Å². The molecular weight excluding hydrogens is 570 g/mol. The van der Waals surface area contributed by atoms with Gasteiger partial charge in [0, 0.05) is 29.8 Å². The Labute approximate surface area is 231 Å². The van der Waals surface area contributed by atoms with Gasteiger partial charge in [0.25, 0.3) is 0 Å². The van der Waals surface area contributed by atoms with E-state index in [0.717, 1.165) is 18.3 Å². The lowest BCUT2D eigenvalue weighted by atomic mass is 10.2. The Hall–Kier alpha value is -4.96. The van der Waals surface area contributed by atoms with E-state index < -0.39 is 34.0 Å². The molecule has 0 saturated heterocycles. The molecule has 16 heteroatoms. The number of nitrogens with one attached hydrogen (secondary N) is 3. The first-order chi connectivity index (χ1) is 19.3. The fourth-order valence-electron chi connectivity index (χ4n) is 3.46. The van der Waals surface area contributed by atoms with E-state index in [9.17, 15) is 30.8 Å². The van der Waals surface area contributed by atoms with Gasteiger partial charge in [0.1, 0.15) is 5.75 Å². The standard InChI is InChI=1S/C25H21F4N7O4S/c1-36(22-21(26)14-31-23(35-22)32-17-3-2-4-20(13-17)41(30,38)39)18-9-5-15(6-10-18)33-24(37)34-16-7-11-19(12-8-16)40-25(27,28)29/h2-14H,1H3,(H2,30,38,39)(H,31,32,35)(H2,33,34,37). The van der Waals surface area contributed by atoms with Crippen molar-refractivity contribution in [1.29, 1.82) is 0 Å². The van der Waals surface area contributed by atoms with Crippen LogP contribution in [0.15, 0.2) is 83.9 Å². The maximum atomic E-state index is 14.6. The number of sulfonamides is 1. The van der Waals surface area contributed by atoms with E-state index >= 15 is 0 Å². The van der Waals surface area contributed by atoms with Gasteiger partial charge in [0.05, 0.1) is 11.1 Å². The highest BCUT2D eigenvalue weighted by Crippen LogP contribution is 2.28. The number of aromatic nitrogens is 2. The van der Waals surface area contributed by atoms with Crippen LogP contribution in [0.25, 0.3) is 0 Å². The number of ether oxygens (including phenoxy) is 1. The predicted octanol–water partition coefficient (Wildman–Crippen LogP) is 5.32. The van der Waals surface area contributed by atoms with Gasteiger partial charge >= 0.3 is 12.4 Å². The number of hydrogen-bond donors (Lipinski definition) is 4. The van der Waals surface area contributed by atoms with E-state index in [1.165, 1.54) is 35.2 Å². The highest BCUT2D eigenvalue weighted by molar-refractivity contribution is 7.89. The lowest BCUT2D eigenvalue weighted by Gasteiger charge is -2.20. The molecule has 0 bridgehead atoms. The smallest absolute Gasteiger partial charge is 0.406 e. The van der Waals surface area contributed by atoms with Crippen LogP contribution in [0, 0.1) is 5.82 Å². The molecule has 4 aromatic rings. The maximum absolute atomic E-state index is 14.6. The van der Waals surface area contributed by atoms with Crippen molar-refractivity contribution in [1.82, 2.24) is 9.97 Å². The van der Waals surface area contributed by atoms with Gasteiger partial charge in [-0.15, -0.1) is 13.2 Å². The highest BCUT2D eigenvalue weighted by atomic mass is 32.2. The molecule has 3 aromatic carbocycles. The summed E-state index contributed by atoms with van der Waals surface area (Å²) in [6, 6.07) is 15.8. The molecule has 2 amide bonds. The van der Waals surface area contributed by atoms with Gasteiger partial charge in [-0.25, -0.2) is 27.7 Å². The number of rotatable bonds is 8. The molecule has 0 spiro atoms. The van der Waals surface area contributed by atoms with Crippen LogP contribution in [0.3, 0.4) is 0 Å². The Morgan fingerprint density at radius 3 is 2.15 bits per heavy atom. The van der Waals surface area contributed by atoms with Crippen molar-refractivity contribution in [2.45, 2.75) is 11.3 Å². The summed E-state index contributed by atoms with van der Waals surface area (Å²) >= 11 is 0. The van der Waals surface area contributed by atoms with Crippen molar-refractivity contribution >= 4 is 50.6 Å². The maximum Gasteiger partial charge on any atom is 0.573 e. The van der Waals surface area contributed by atoms with E-state index in [0.29, 0.717) is 17.1 Å². The van der Waals surface area contributed by atoms with Crippen LogP contribution in [0.5, 0.6) is 5.75 Å². The first-order valence-corrected chi connectivity index (χ1v) is 13.0. The summed E-state index contributed by atoms with van der Waals surface area (Å²) in [5.74, 6) is -1.26. The molecule has 41 heavy (non-hydrogen) atoms. The first-order valence-electron chi connectivity index (χ1n) is 11.5. The zero-order valence-electron chi connectivity index (χ0n) is 21.0. The number of nitrogens with zero attached hydrogens (tertiary/aromatic N) is 3. The lowest BCUT2D eigenvalue weighted by molar-refractivity contribution is -0.274. The number of amides is 2. The van der Waals surface area contributed by atoms with Crippen molar-refractivity contribution in [2.75, 3.05) is 27.9 Å². The molecule has 1 aromatic heterocycles. The molecule has 4 rings (SSSR count). The number of halogens is 4. The number of benzene rings is 3. The Morgan fingerprint density at radius 2 is 1.56 bits per heavy atom. The molecule has 0 aliphatic heterocycles. The average molecular weight is 592 g/mol. The van der Waals surface area contributed by atoms with Crippen LogP contribution in [-0.2, 0) is 10.0 Å². The topological polar surface area (TPSA) is 152 Å². The Balaban J connectivity index is 1.40. The second kappa shape index (κ2) is 11.6. The molecule has 0 fully saturated rings. The summed E-state index contributed by atoms with van der Waals surface area (Å²) < 4.78 is 78.4. The van der Waals surface area contributed by atoms with Gasteiger partial charge in [0.15, 0.2) is 11.6 Å². The third-order valence-electron chi connectivity index (χ3n) is 5.32. The Morgan fingerprint density at radius 1 is 0.951 bits per heavy atom. The quantitative estimate of drug-likeness (QED) is 0.201. The number of nitrogens with two attached hydrogens (primary N) is 1. The zero-order valence-corrected chi connectivity index (χ0v) is 21.8. The molecular formula is C25H21F4N7O4S. The number of primary sulfonamides is 1. The van der Waals surface area contributed by atoms with E-state index in [2.05, 4.69) is 30.7 Å². The number of hydrogen-bond acceptors (Lipinski definition) is 8. The minimum absolute atomic E-state index is 0.00669. The third-order valence-corrected chi connectivity index (χ3v) is 6.23. The molecule has 0 radical (unpaired) electrons. The number of anilines is 6. The van der Waals surface area contributed by atoms with Gasteiger partial charge in [-0.1, -0.05) is 6.07 Å². The zero-order chi connectivity index (χ0) is 29.8. The van der Waals surface area contributed by atoms with E-state index in [1.54, 1.807) is 37.4 Å². The monoisotopic (exact) mass is 591 g/mol. The number of urea groups is 1. The van der Waals surface area contributed by atoms with Crippen molar-refractivity contribution in [3.63, 3.8) is 0 Å². The van der Waals surface area contributed by atoms with Gasteiger partial charge in [0.2, 0.25) is 16.0 Å². The molecule has 5 N–H and O–H groups in total. The summed E-state index contributed by atoms with van der Waals surface area (Å²) in [7, 11) is -2.38. The van der Waals surface area contributed by atoms with Gasteiger partial charge < -0.3 is 25.6 Å². The minimum atomic E-state index is -4.82. The van der Waals surface area contributed by atoms with Gasteiger partial charge in [-0.2, -0.15) is 4.98 Å². The van der Waals surface area contributed by atoms with Crippen molar-refractivity contribution in [3.05, 3.63) is 84.8 Å².